The van der Waals surface area contributed by atoms with E-state index in [1.54, 1.807) is 0 Å². The molecule has 1 aliphatic rings. The third-order valence-electron chi connectivity index (χ3n) is 3.78. The molecular formula is C16H29N5. The highest BCUT2D eigenvalue weighted by Crippen LogP contribution is 2.26. The van der Waals surface area contributed by atoms with Gasteiger partial charge in [-0.1, -0.05) is 13.8 Å². The number of nitrogens with zero attached hydrogens (tertiary/aromatic N) is 3. The summed E-state index contributed by atoms with van der Waals surface area (Å²) in [6.45, 7) is 10.5. The van der Waals surface area contributed by atoms with E-state index >= 15 is 0 Å². The van der Waals surface area contributed by atoms with Crippen LogP contribution in [-0.4, -0.2) is 47.1 Å². The topological polar surface area (TPSA) is 53.1 Å². The van der Waals surface area contributed by atoms with E-state index in [1.807, 2.05) is 6.07 Å². The maximum atomic E-state index is 4.61. The van der Waals surface area contributed by atoms with Crippen LogP contribution < -0.4 is 10.6 Å². The first kappa shape index (κ1) is 16.0. The zero-order valence-electron chi connectivity index (χ0n) is 13.7. The maximum absolute atomic E-state index is 4.61. The second-order valence-electron chi connectivity index (χ2n) is 5.62. The Morgan fingerprint density at radius 1 is 1.14 bits per heavy atom. The van der Waals surface area contributed by atoms with Gasteiger partial charge < -0.3 is 10.6 Å². The predicted molar refractivity (Wildman–Crippen MR) is 88.9 cm³/mol. The first-order chi connectivity index (χ1) is 10.3. The molecule has 2 N–H and O–H groups in total. The third kappa shape index (κ3) is 5.16. The number of aryl methyl sites for hydroxylation is 1. The van der Waals surface area contributed by atoms with Crippen LogP contribution in [-0.2, 0) is 6.42 Å². The van der Waals surface area contributed by atoms with E-state index in [0.29, 0.717) is 0 Å². The lowest BCUT2D eigenvalue weighted by Gasteiger charge is -2.20. The standard InChI is InChI=1S/C16H29N5/c1-4-7-14-19-15(17-5-2)12-16(20-14)18-10-11-21(6-3)13-8-9-13/h12-13H,4-11H2,1-3H3,(H2,17,18,19,20). The molecule has 1 saturated carbocycles. The summed E-state index contributed by atoms with van der Waals surface area (Å²) in [5, 5.41) is 6.74. The number of nitrogens with one attached hydrogen (secondary N) is 2. The molecule has 0 aromatic carbocycles. The molecule has 1 fully saturated rings. The van der Waals surface area contributed by atoms with E-state index < -0.39 is 0 Å². The molecule has 0 saturated heterocycles. The summed E-state index contributed by atoms with van der Waals surface area (Å²) < 4.78 is 0. The number of rotatable bonds is 10. The zero-order valence-corrected chi connectivity index (χ0v) is 13.7. The van der Waals surface area contributed by atoms with Crippen molar-refractivity contribution in [2.45, 2.75) is 52.5 Å². The van der Waals surface area contributed by atoms with E-state index in [9.17, 15) is 0 Å². The van der Waals surface area contributed by atoms with Crippen molar-refractivity contribution >= 4 is 11.6 Å². The van der Waals surface area contributed by atoms with Crippen molar-refractivity contribution in [3.63, 3.8) is 0 Å². The highest BCUT2D eigenvalue weighted by molar-refractivity contribution is 5.47. The van der Waals surface area contributed by atoms with Crippen LogP contribution in [0.2, 0.25) is 0 Å². The van der Waals surface area contributed by atoms with E-state index in [1.165, 1.54) is 12.8 Å². The Labute approximate surface area is 128 Å². The molecule has 1 aromatic rings. The Bertz CT molecular complexity index is 406. The van der Waals surface area contributed by atoms with Gasteiger partial charge in [0.2, 0.25) is 0 Å². The Kier molecular flexibility index (Phi) is 6.23. The summed E-state index contributed by atoms with van der Waals surface area (Å²) in [5.41, 5.74) is 0. The molecule has 1 aromatic heterocycles. The summed E-state index contributed by atoms with van der Waals surface area (Å²) in [5.74, 6) is 2.79. The molecule has 5 heteroatoms. The molecule has 1 heterocycles. The number of hydrogen-bond acceptors (Lipinski definition) is 5. The SMILES string of the molecule is CCCc1nc(NCC)cc(NCCN(CC)C2CC2)n1. The van der Waals surface area contributed by atoms with Crippen LogP contribution in [0.4, 0.5) is 11.6 Å². The van der Waals surface area contributed by atoms with Gasteiger partial charge in [-0.25, -0.2) is 9.97 Å². The lowest BCUT2D eigenvalue weighted by molar-refractivity contribution is 0.289. The molecule has 0 unspecified atom stereocenters. The van der Waals surface area contributed by atoms with Gasteiger partial charge in [0.25, 0.3) is 0 Å². The quantitative estimate of drug-likeness (QED) is 0.694. The van der Waals surface area contributed by atoms with Crippen LogP contribution >= 0.6 is 0 Å². The first-order valence-corrected chi connectivity index (χ1v) is 8.36. The molecular weight excluding hydrogens is 262 g/mol. The predicted octanol–water partition coefficient (Wildman–Crippen LogP) is 2.76. The summed E-state index contributed by atoms with van der Waals surface area (Å²) >= 11 is 0. The zero-order chi connectivity index (χ0) is 15.1. The number of hydrogen-bond donors (Lipinski definition) is 2. The molecule has 0 amide bonds. The Balaban J connectivity index is 1.90. The fourth-order valence-corrected chi connectivity index (χ4v) is 2.56. The lowest BCUT2D eigenvalue weighted by atomic mass is 10.3. The van der Waals surface area contributed by atoms with E-state index in [4.69, 9.17) is 0 Å². The van der Waals surface area contributed by atoms with E-state index in [-0.39, 0.29) is 0 Å². The molecule has 1 aliphatic carbocycles. The molecule has 0 bridgehead atoms. The van der Waals surface area contributed by atoms with Crippen LogP contribution in [0.5, 0.6) is 0 Å². The number of aromatic nitrogens is 2. The van der Waals surface area contributed by atoms with Gasteiger partial charge in [0.15, 0.2) is 0 Å². The van der Waals surface area contributed by atoms with E-state index in [2.05, 4.69) is 46.3 Å². The van der Waals surface area contributed by atoms with Crippen LogP contribution in [0.15, 0.2) is 6.07 Å². The van der Waals surface area contributed by atoms with Crippen molar-refractivity contribution in [3.8, 4) is 0 Å². The van der Waals surface area contributed by atoms with Crippen LogP contribution in [0.3, 0.4) is 0 Å². The van der Waals surface area contributed by atoms with Crippen molar-refractivity contribution in [1.29, 1.82) is 0 Å². The number of anilines is 2. The van der Waals surface area contributed by atoms with Crippen molar-refractivity contribution in [3.05, 3.63) is 11.9 Å². The third-order valence-corrected chi connectivity index (χ3v) is 3.78. The van der Waals surface area contributed by atoms with Crippen molar-refractivity contribution < 1.29 is 0 Å². The summed E-state index contributed by atoms with van der Waals surface area (Å²) in [6, 6.07) is 2.84. The van der Waals surface area contributed by atoms with Gasteiger partial charge in [0, 0.05) is 38.2 Å². The van der Waals surface area contributed by atoms with Crippen molar-refractivity contribution in [2.75, 3.05) is 36.8 Å². The van der Waals surface area contributed by atoms with Crippen molar-refractivity contribution in [2.24, 2.45) is 0 Å². The number of likely N-dealkylation sites (N-methyl/N-ethyl adjacent to an activating group) is 1. The highest BCUT2D eigenvalue weighted by atomic mass is 15.2. The normalized spacial score (nSPS) is 14.5. The van der Waals surface area contributed by atoms with Gasteiger partial charge in [-0.15, -0.1) is 0 Å². The first-order valence-electron chi connectivity index (χ1n) is 8.36. The Hall–Kier alpha value is -1.36. The van der Waals surface area contributed by atoms with Gasteiger partial charge in [-0.2, -0.15) is 0 Å². The van der Waals surface area contributed by atoms with Crippen LogP contribution in [0.1, 0.15) is 45.9 Å². The monoisotopic (exact) mass is 291 g/mol. The van der Waals surface area contributed by atoms with Crippen molar-refractivity contribution in [1.82, 2.24) is 14.9 Å². The summed E-state index contributed by atoms with van der Waals surface area (Å²) in [7, 11) is 0. The summed E-state index contributed by atoms with van der Waals surface area (Å²) in [4.78, 5) is 11.7. The molecule has 0 atom stereocenters. The second kappa shape index (κ2) is 8.17. The molecule has 118 valence electrons. The molecule has 5 nitrogen and oxygen atoms in total. The maximum Gasteiger partial charge on any atom is 0.133 e. The lowest BCUT2D eigenvalue weighted by Crippen LogP contribution is -2.31. The van der Waals surface area contributed by atoms with Gasteiger partial charge in [-0.05, 0) is 32.7 Å². The average Bonchev–Trinajstić information content (AvgIpc) is 3.29. The van der Waals surface area contributed by atoms with Gasteiger partial charge in [-0.3, -0.25) is 4.90 Å². The molecule has 21 heavy (non-hydrogen) atoms. The fraction of sp³-hybridized carbons (Fsp3) is 0.750. The molecule has 0 radical (unpaired) electrons. The molecule has 0 spiro atoms. The minimum atomic E-state index is 0.829. The smallest absolute Gasteiger partial charge is 0.133 e. The largest absolute Gasteiger partial charge is 0.370 e. The molecule has 2 rings (SSSR count). The fourth-order valence-electron chi connectivity index (χ4n) is 2.56. The summed E-state index contributed by atoms with van der Waals surface area (Å²) in [6.07, 6.45) is 4.73. The average molecular weight is 291 g/mol. The van der Waals surface area contributed by atoms with Gasteiger partial charge >= 0.3 is 0 Å². The van der Waals surface area contributed by atoms with Crippen LogP contribution in [0, 0.1) is 0 Å². The highest BCUT2D eigenvalue weighted by Gasteiger charge is 2.27. The minimum Gasteiger partial charge on any atom is -0.370 e. The Morgan fingerprint density at radius 2 is 1.86 bits per heavy atom. The minimum absolute atomic E-state index is 0.829. The Morgan fingerprint density at radius 3 is 2.43 bits per heavy atom. The van der Waals surface area contributed by atoms with Crippen LogP contribution in [0.25, 0.3) is 0 Å². The van der Waals surface area contributed by atoms with E-state index in [0.717, 1.165) is 62.5 Å². The molecule has 0 aliphatic heterocycles. The van der Waals surface area contributed by atoms with Gasteiger partial charge in [0.1, 0.15) is 17.5 Å². The second-order valence-corrected chi connectivity index (χ2v) is 5.62. The van der Waals surface area contributed by atoms with Gasteiger partial charge in [0.05, 0.1) is 0 Å².